The van der Waals surface area contributed by atoms with Gasteiger partial charge in [-0.15, -0.1) is 0 Å². The van der Waals surface area contributed by atoms with Gasteiger partial charge in [0.05, 0.1) is 12.2 Å². The standard InChI is InChI=1S/C41H58O2/c1-30(18-14-20-32(3)22-24-38-34(5)26-36(42)28-40(38,7)8)16-12-13-17-31(2)19-15-21-33(4)23-25-39-35(6)27-37(43-11)29-41(39,9)10/h12-25,36-37,42H,26-29H2,1-11H3/b13-12+,18-14+,19-15+,24-22+,25-23+,30-16+,31-17+,32-20+,33-21+/t36-,37-/m1/s1. The van der Waals surface area contributed by atoms with Crippen molar-refractivity contribution in [2.24, 2.45) is 10.8 Å². The van der Waals surface area contributed by atoms with E-state index in [4.69, 9.17) is 4.74 Å². The molecule has 2 aliphatic rings. The Labute approximate surface area is 264 Å². The highest BCUT2D eigenvalue weighted by molar-refractivity contribution is 5.39. The highest BCUT2D eigenvalue weighted by Gasteiger charge is 2.32. The summed E-state index contributed by atoms with van der Waals surface area (Å²) in [5, 5.41) is 10.1. The summed E-state index contributed by atoms with van der Waals surface area (Å²) in [4.78, 5) is 0. The minimum absolute atomic E-state index is 0.00836. The molecule has 0 amide bonds. The second kappa shape index (κ2) is 16.8. The van der Waals surface area contributed by atoms with Crippen LogP contribution in [0.3, 0.4) is 0 Å². The molecule has 0 aromatic carbocycles. The van der Waals surface area contributed by atoms with Gasteiger partial charge in [-0.1, -0.05) is 146 Å². The number of methoxy groups -OCH3 is 1. The summed E-state index contributed by atoms with van der Waals surface area (Å²) < 4.78 is 5.64. The summed E-state index contributed by atoms with van der Waals surface area (Å²) in [5.41, 5.74) is 10.5. The fourth-order valence-corrected chi connectivity index (χ4v) is 6.26. The second-order valence-corrected chi connectivity index (χ2v) is 13.9. The fourth-order valence-electron chi connectivity index (χ4n) is 6.26. The molecular weight excluding hydrogens is 524 g/mol. The van der Waals surface area contributed by atoms with E-state index in [1.807, 2.05) is 7.11 Å². The van der Waals surface area contributed by atoms with Crippen LogP contribution < -0.4 is 0 Å². The Morgan fingerprint density at radius 3 is 1.44 bits per heavy atom. The fraction of sp³-hybridized carbons (Fsp3) is 0.463. The van der Waals surface area contributed by atoms with E-state index in [0.717, 1.165) is 25.7 Å². The van der Waals surface area contributed by atoms with Crippen LogP contribution in [-0.4, -0.2) is 24.4 Å². The number of aliphatic hydroxyl groups is 1. The van der Waals surface area contributed by atoms with E-state index < -0.39 is 0 Å². The van der Waals surface area contributed by atoms with Crippen LogP contribution in [0.15, 0.2) is 130 Å². The molecule has 0 saturated heterocycles. The molecule has 0 saturated carbocycles. The molecule has 2 aliphatic carbocycles. The van der Waals surface area contributed by atoms with Crippen molar-refractivity contribution in [3.63, 3.8) is 0 Å². The third kappa shape index (κ3) is 12.3. The first kappa shape index (κ1) is 36.3. The average molecular weight is 583 g/mol. The topological polar surface area (TPSA) is 29.5 Å². The first-order chi connectivity index (χ1) is 20.1. The van der Waals surface area contributed by atoms with Gasteiger partial charge in [0.1, 0.15) is 0 Å². The summed E-state index contributed by atoms with van der Waals surface area (Å²) in [7, 11) is 1.82. The Hall–Kier alpha value is -2.94. The SMILES string of the molecule is CO[C@@H]1CC(C)=C(/C=C/C(C)=C/C=C/C(C)=C/C=C/C=C(C)/C=C/C=C(C)/C=C/C2=C(C)C[C@@H](O)CC2(C)C)C(C)(C)C1. The quantitative estimate of drug-likeness (QED) is 0.246. The first-order valence-corrected chi connectivity index (χ1v) is 15.8. The van der Waals surface area contributed by atoms with Gasteiger partial charge in [-0.25, -0.2) is 0 Å². The summed E-state index contributed by atoms with van der Waals surface area (Å²) in [6.45, 7) is 22.0. The lowest BCUT2D eigenvalue weighted by Crippen LogP contribution is -2.29. The molecule has 2 nitrogen and oxygen atoms in total. The molecule has 0 spiro atoms. The van der Waals surface area contributed by atoms with E-state index >= 15 is 0 Å². The van der Waals surface area contributed by atoms with Crippen LogP contribution in [0.1, 0.15) is 94.9 Å². The van der Waals surface area contributed by atoms with Crippen LogP contribution in [0.25, 0.3) is 0 Å². The van der Waals surface area contributed by atoms with Crippen LogP contribution >= 0.6 is 0 Å². The van der Waals surface area contributed by atoms with Crippen LogP contribution in [0.4, 0.5) is 0 Å². The third-order valence-corrected chi connectivity index (χ3v) is 8.56. The molecule has 0 aromatic rings. The van der Waals surface area contributed by atoms with Crippen molar-refractivity contribution in [3.05, 3.63) is 130 Å². The molecule has 0 radical (unpaired) electrons. The molecule has 2 atom stereocenters. The van der Waals surface area contributed by atoms with Crippen molar-refractivity contribution in [2.75, 3.05) is 7.11 Å². The van der Waals surface area contributed by atoms with Gasteiger partial charge in [0, 0.05) is 7.11 Å². The normalized spacial score (nSPS) is 24.7. The monoisotopic (exact) mass is 582 g/mol. The molecule has 0 aromatic heterocycles. The molecule has 2 rings (SSSR count). The van der Waals surface area contributed by atoms with Gasteiger partial charge >= 0.3 is 0 Å². The minimum atomic E-state index is -0.224. The predicted octanol–water partition coefficient (Wildman–Crippen LogP) is 11.2. The molecule has 0 heterocycles. The molecule has 0 aliphatic heterocycles. The van der Waals surface area contributed by atoms with Crippen molar-refractivity contribution in [1.82, 2.24) is 0 Å². The second-order valence-electron chi connectivity index (χ2n) is 13.9. The number of ether oxygens (including phenoxy) is 1. The zero-order valence-electron chi connectivity index (χ0n) is 28.9. The van der Waals surface area contributed by atoms with Gasteiger partial charge in [-0.3, -0.25) is 0 Å². The van der Waals surface area contributed by atoms with E-state index in [1.165, 1.54) is 44.6 Å². The Kier molecular flexibility index (Phi) is 14.2. The van der Waals surface area contributed by atoms with E-state index in [-0.39, 0.29) is 16.9 Å². The van der Waals surface area contributed by atoms with E-state index in [2.05, 4.69) is 154 Å². The van der Waals surface area contributed by atoms with Gasteiger partial charge in [0.2, 0.25) is 0 Å². The molecule has 0 fully saturated rings. The summed E-state index contributed by atoms with van der Waals surface area (Å²) in [6.07, 6.45) is 34.0. The zero-order chi connectivity index (χ0) is 32.2. The van der Waals surface area contributed by atoms with Crippen LogP contribution in [0, 0.1) is 10.8 Å². The van der Waals surface area contributed by atoms with Gasteiger partial charge in [-0.2, -0.15) is 0 Å². The molecule has 0 unspecified atom stereocenters. The van der Waals surface area contributed by atoms with Crippen molar-refractivity contribution in [3.8, 4) is 0 Å². The number of hydrogen-bond acceptors (Lipinski definition) is 2. The number of allylic oxidation sites excluding steroid dienone is 20. The lowest BCUT2D eigenvalue weighted by atomic mass is 9.71. The van der Waals surface area contributed by atoms with Gasteiger partial charge in [-0.05, 0) is 89.2 Å². The average Bonchev–Trinajstić information content (AvgIpc) is 2.89. The largest absolute Gasteiger partial charge is 0.393 e. The number of rotatable bonds is 11. The molecular formula is C41H58O2. The Morgan fingerprint density at radius 1 is 0.628 bits per heavy atom. The maximum atomic E-state index is 10.1. The maximum absolute atomic E-state index is 10.1. The first-order valence-electron chi connectivity index (χ1n) is 15.8. The van der Waals surface area contributed by atoms with Crippen LogP contribution in [0.2, 0.25) is 0 Å². The predicted molar refractivity (Wildman–Crippen MR) is 189 cm³/mol. The molecule has 0 bridgehead atoms. The Balaban J connectivity index is 1.91. The van der Waals surface area contributed by atoms with Crippen molar-refractivity contribution >= 4 is 0 Å². The summed E-state index contributed by atoms with van der Waals surface area (Å²) in [5.74, 6) is 0. The van der Waals surface area contributed by atoms with Gasteiger partial charge in [0.25, 0.3) is 0 Å². The van der Waals surface area contributed by atoms with Gasteiger partial charge in [0.15, 0.2) is 0 Å². The van der Waals surface area contributed by atoms with Crippen molar-refractivity contribution in [2.45, 2.75) is 107 Å². The molecule has 43 heavy (non-hydrogen) atoms. The smallest absolute Gasteiger partial charge is 0.0616 e. The lowest BCUT2D eigenvalue weighted by molar-refractivity contribution is 0.0627. The van der Waals surface area contributed by atoms with Crippen molar-refractivity contribution in [1.29, 1.82) is 0 Å². The van der Waals surface area contributed by atoms with E-state index in [0.29, 0.717) is 6.10 Å². The highest BCUT2D eigenvalue weighted by atomic mass is 16.5. The Bertz CT molecular complexity index is 1300. The summed E-state index contributed by atoms with van der Waals surface area (Å²) >= 11 is 0. The Morgan fingerprint density at radius 2 is 1.02 bits per heavy atom. The minimum Gasteiger partial charge on any atom is -0.393 e. The molecule has 1 N–H and O–H groups in total. The summed E-state index contributed by atoms with van der Waals surface area (Å²) in [6, 6.07) is 0. The zero-order valence-corrected chi connectivity index (χ0v) is 28.9. The number of aliphatic hydroxyl groups excluding tert-OH is 1. The van der Waals surface area contributed by atoms with E-state index in [1.54, 1.807) is 0 Å². The van der Waals surface area contributed by atoms with Crippen LogP contribution in [-0.2, 0) is 4.74 Å². The molecule has 234 valence electrons. The lowest BCUT2D eigenvalue weighted by Gasteiger charge is -2.37. The van der Waals surface area contributed by atoms with Crippen molar-refractivity contribution < 1.29 is 9.84 Å². The van der Waals surface area contributed by atoms with E-state index in [9.17, 15) is 5.11 Å². The van der Waals surface area contributed by atoms with Crippen LogP contribution in [0.5, 0.6) is 0 Å². The maximum Gasteiger partial charge on any atom is 0.0616 e. The van der Waals surface area contributed by atoms with Gasteiger partial charge < -0.3 is 9.84 Å². The highest BCUT2D eigenvalue weighted by Crippen LogP contribution is 2.42. The number of hydrogen-bond donors (Lipinski definition) is 1. The third-order valence-electron chi connectivity index (χ3n) is 8.56. The molecule has 2 heteroatoms.